The second kappa shape index (κ2) is 8.75. The van der Waals surface area contributed by atoms with Crippen molar-refractivity contribution >= 4 is 34.3 Å². The Balaban J connectivity index is 1.42. The van der Waals surface area contributed by atoms with E-state index in [0.29, 0.717) is 23.6 Å². The average molecular weight is 458 g/mol. The minimum absolute atomic E-state index is 0.115. The number of carbonyl (C=O) groups excluding carboxylic acids is 2. The van der Waals surface area contributed by atoms with Crippen LogP contribution in [0.15, 0.2) is 79.0 Å². The zero-order valence-corrected chi connectivity index (χ0v) is 19.0. The van der Waals surface area contributed by atoms with Crippen LogP contribution in [0.1, 0.15) is 40.0 Å². The third kappa shape index (κ3) is 3.89. The van der Waals surface area contributed by atoms with Gasteiger partial charge >= 0.3 is 0 Å². The molecule has 4 aromatic rings. The van der Waals surface area contributed by atoms with Gasteiger partial charge in [-0.2, -0.15) is 0 Å². The van der Waals surface area contributed by atoms with Crippen LogP contribution in [-0.4, -0.2) is 27.7 Å². The van der Waals surface area contributed by atoms with Crippen molar-refractivity contribution in [3.8, 4) is 0 Å². The molecule has 0 fully saturated rings. The Hall–Kier alpha value is -3.57. The van der Waals surface area contributed by atoms with Crippen molar-refractivity contribution in [2.24, 2.45) is 0 Å². The number of carbonyl (C=O) groups is 2. The lowest BCUT2D eigenvalue weighted by molar-refractivity contribution is -0.126. The molecule has 1 aliphatic heterocycles. The molecule has 3 aromatic carbocycles. The summed E-state index contributed by atoms with van der Waals surface area (Å²) in [5.74, 6) is -0.324. The Labute approximate surface area is 197 Å². The number of benzene rings is 3. The van der Waals surface area contributed by atoms with Crippen molar-refractivity contribution in [1.82, 2.24) is 15.2 Å². The van der Waals surface area contributed by atoms with Crippen molar-refractivity contribution < 1.29 is 9.59 Å². The smallest absolute Gasteiger partial charge is 0.255 e. The van der Waals surface area contributed by atoms with Crippen LogP contribution in [-0.2, 0) is 17.8 Å². The van der Waals surface area contributed by atoms with Crippen LogP contribution >= 0.6 is 11.6 Å². The number of amides is 2. The molecule has 2 amide bonds. The zero-order chi connectivity index (χ0) is 22.9. The molecular formula is C27H24ClN3O2. The fourth-order valence-corrected chi connectivity index (χ4v) is 4.90. The summed E-state index contributed by atoms with van der Waals surface area (Å²) >= 11 is 6.26. The highest BCUT2D eigenvalue weighted by atomic mass is 35.5. The fraction of sp³-hybridized carbons (Fsp3) is 0.185. The maximum atomic E-state index is 13.4. The zero-order valence-electron chi connectivity index (χ0n) is 18.2. The van der Waals surface area contributed by atoms with E-state index < -0.39 is 6.04 Å². The number of aromatic nitrogens is 1. The van der Waals surface area contributed by atoms with E-state index in [2.05, 4.69) is 16.4 Å². The van der Waals surface area contributed by atoms with Crippen molar-refractivity contribution in [3.05, 3.63) is 106 Å². The van der Waals surface area contributed by atoms with E-state index in [4.69, 9.17) is 11.6 Å². The Bertz CT molecular complexity index is 1350. The number of hydrogen-bond donors (Lipinski definition) is 2. The number of nitrogens with zero attached hydrogens (tertiary/aromatic N) is 1. The van der Waals surface area contributed by atoms with Gasteiger partial charge in [0.05, 0.1) is 0 Å². The van der Waals surface area contributed by atoms with Crippen LogP contribution in [0.5, 0.6) is 0 Å². The van der Waals surface area contributed by atoms with Crippen molar-refractivity contribution in [2.45, 2.75) is 32.0 Å². The summed E-state index contributed by atoms with van der Waals surface area (Å²) in [6.45, 7) is 2.30. The van der Waals surface area contributed by atoms with E-state index in [9.17, 15) is 9.59 Å². The number of nitrogens with one attached hydrogen (secondary N) is 2. The molecule has 1 aliphatic rings. The lowest BCUT2D eigenvalue weighted by Crippen LogP contribution is -2.44. The molecule has 33 heavy (non-hydrogen) atoms. The van der Waals surface area contributed by atoms with Gasteiger partial charge in [0.25, 0.3) is 5.91 Å². The fourth-order valence-electron chi connectivity index (χ4n) is 4.70. The van der Waals surface area contributed by atoms with E-state index in [0.717, 1.165) is 27.6 Å². The predicted molar refractivity (Wildman–Crippen MR) is 130 cm³/mol. The van der Waals surface area contributed by atoms with Gasteiger partial charge in [0, 0.05) is 40.3 Å². The molecule has 0 radical (unpaired) electrons. The highest BCUT2D eigenvalue weighted by Gasteiger charge is 2.43. The maximum Gasteiger partial charge on any atom is 0.255 e. The largest absolute Gasteiger partial charge is 0.361 e. The molecule has 1 aromatic heterocycles. The summed E-state index contributed by atoms with van der Waals surface area (Å²) in [7, 11) is 0. The van der Waals surface area contributed by atoms with Crippen molar-refractivity contribution in [2.75, 3.05) is 0 Å². The first-order chi connectivity index (χ1) is 16.0. The minimum Gasteiger partial charge on any atom is -0.361 e. The van der Waals surface area contributed by atoms with E-state index in [-0.39, 0.29) is 17.9 Å². The van der Waals surface area contributed by atoms with Crippen molar-refractivity contribution in [3.63, 3.8) is 0 Å². The molecule has 2 heterocycles. The Morgan fingerprint density at radius 1 is 1.03 bits per heavy atom. The van der Waals surface area contributed by atoms with Gasteiger partial charge in [0.1, 0.15) is 6.04 Å². The molecule has 6 heteroatoms. The van der Waals surface area contributed by atoms with Gasteiger partial charge in [-0.1, -0.05) is 66.2 Å². The molecule has 0 bridgehead atoms. The van der Waals surface area contributed by atoms with Gasteiger partial charge in [0.15, 0.2) is 0 Å². The third-order valence-electron chi connectivity index (χ3n) is 6.32. The Morgan fingerprint density at radius 3 is 2.61 bits per heavy atom. The molecule has 2 N–H and O–H groups in total. The summed E-state index contributed by atoms with van der Waals surface area (Å²) in [5.41, 5.74) is 4.34. The first-order valence-electron chi connectivity index (χ1n) is 11.0. The Morgan fingerprint density at radius 2 is 1.76 bits per heavy atom. The van der Waals surface area contributed by atoms with Gasteiger partial charge < -0.3 is 15.2 Å². The number of fused-ring (bicyclic) bond motifs is 2. The van der Waals surface area contributed by atoms with Crippen LogP contribution in [0.3, 0.4) is 0 Å². The second-order valence-electron chi connectivity index (χ2n) is 8.42. The molecule has 2 unspecified atom stereocenters. The summed E-state index contributed by atoms with van der Waals surface area (Å²) in [5, 5.41) is 4.73. The molecule has 166 valence electrons. The first kappa shape index (κ1) is 21.3. The van der Waals surface area contributed by atoms with Crippen LogP contribution in [0.2, 0.25) is 5.02 Å². The normalized spacial score (nSPS) is 16.1. The van der Waals surface area contributed by atoms with Gasteiger partial charge in [-0.15, -0.1) is 0 Å². The third-order valence-corrected chi connectivity index (χ3v) is 6.69. The average Bonchev–Trinajstić information content (AvgIpc) is 3.37. The number of hydrogen-bond acceptors (Lipinski definition) is 2. The van der Waals surface area contributed by atoms with Crippen LogP contribution in [0, 0.1) is 0 Å². The molecule has 0 spiro atoms. The molecule has 0 saturated carbocycles. The highest BCUT2D eigenvalue weighted by molar-refractivity contribution is 6.31. The maximum absolute atomic E-state index is 13.4. The molecule has 0 saturated heterocycles. The lowest BCUT2D eigenvalue weighted by atomic mass is 10.0. The number of rotatable bonds is 6. The van der Waals surface area contributed by atoms with Crippen LogP contribution < -0.4 is 5.32 Å². The predicted octanol–water partition coefficient (Wildman–Crippen LogP) is 5.27. The summed E-state index contributed by atoms with van der Waals surface area (Å²) in [6.07, 6.45) is 2.62. The summed E-state index contributed by atoms with van der Waals surface area (Å²) < 4.78 is 0. The SMILES string of the molecule is CC(Cc1c[nH]c2ccccc12)N1C(=O)c2ccccc2C1C(=O)NCc1ccccc1Cl. The molecule has 5 nitrogen and oxygen atoms in total. The van der Waals surface area contributed by atoms with Gasteiger partial charge in [-0.25, -0.2) is 0 Å². The first-order valence-corrected chi connectivity index (χ1v) is 11.4. The van der Waals surface area contributed by atoms with Crippen molar-refractivity contribution in [1.29, 1.82) is 0 Å². The molecule has 2 atom stereocenters. The number of para-hydroxylation sites is 1. The second-order valence-corrected chi connectivity index (χ2v) is 8.83. The van der Waals surface area contributed by atoms with Gasteiger partial charge in [-0.3, -0.25) is 9.59 Å². The topological polar surface area (TPSA) is 65.2 Å². The van der Waals surface area contributed by atoms with E-state index in [1.807, 2.05) is 67.7 Å². The molecule has 0 aliphatic carbocycles. The lowest BCUT2D eigenvalue weighted by Gasteiger charge is -2.30. The van der Waals surface area contributed by atoms with E-state index >= 15 is 0 Å². The monoisotopic (exact) mass is 457 g/mol. The standard InChI is InChI=1S/C27H24ClN3O2/c1-17(14-19-16-29-24-13-7-5-9-20(19)24)31-25(21-10-3-4-11-22(21)27(31)33)26(32)30-15-18-8-2-6-12-23(18)28/h2-13,16-17,25,29H,14-15H2,1H3,(H,30,32). The molecular weight excluding hydrogens is 434 g/mol. The van der Waals surface area contributed by atoms with Crippen LogP contribution in [0.25, 0.3) is 10.9 Å². The quantitative estimate of drug-likeness (QED) is 0.414. The minimum atomic E-state index is -0.684. The number of halogens is 1. The van der Waals surface area contributed by atoms with Crippen LogP contribution in [0.4, 0.5) is 0 Å². The molecule has 5 rings (SSSR count). The summed E-state index contributed by atoms with van der Waals surface area (Å²) in [4.78, 5) is 31.8. The van der Waals surface area contributed by atoms with Gasteiger partial charge in [-0.05, 0) is 48.2 Å². The Kier molecular flexibility index (Phi) is 5.65. The highest BCUT2D eigenvalue weighted by Crippen LogP contribution is 2.36. The summed E-state index contributed by atoms with van der Waals surface area (Å²) in [6, 6.07) is 22.0. The number of aromatic amines is 1. The van der Waals surface area contributed by atoms with E-state index in [1.165, 1.54) is 0 Å². The van der Waals surface area contributed by atoms with Gasteiger partial charge in [0.2, 0.25) is 5.91 Å². The number of H-pyrrole nitrogens is 1. The van der Waals surface area contributed by atoms with E-state index in [1.54, 1.807) is 17.0 Å².